The molecule has 1 N–H and O–H groups in total. The number of imidazole rings is 1. The van der Waals surface area contributed by atoms with Crippen LogP contribution in [-0.4, -0.2) is 42.1 Å². The van der Waals surface area contributed by atoms with E-state index in [0.717, 1.165) is 22.9 Å². The highest BCUT2D eigenvalue weighted by Gasteiger charge is 2.30. The van der Waals surface area contributed by atoms with Crippen molar-refractivity contribution in [3.63, 3.8) is 0 Å². The molecule has 7 nitrogen and oxygen atoms in total. The minimum atomic E-state index is -0.0744. The number of carbonyl (C=O) groups excluding carboxylic acids is 1. The molecule has 0 bridgehead atoms. The second kappa shape index (κ2) is 5.84. The Hall–Kier alpha value is -2.96. The monoisotopic (exact) mass is 336 g/mol. The van der Waals surface area contributed by atoms with E-state index in [1.165, 1.54) is 0 Å². The first-order chi connectivity index (χ1) is 12.0. The van der Waals surface area contributed by atoms with E-state index in [9.17, 15) is 4.79 Å². The van der Waals surface area contributed by atoms with E-state index in [-0.39, 0.29) is 11.9 Å². The summed E-state index contributed by atoms with van der Waals surface area (Å²) in [6, 6.07) is 9.96. The molecule has 3 heterocycles. The smallest absolute Gasteiger partial charge is 0.274 e. The van der Waals surface area contributed by atoms with Gasteiger partial charge in [0.1, 0.15) is 17.3 Å². The molecule has 25 heavy (non-hydrogen) atoms. The molecule has 1 aromatic carbocycles. The summed E-state index contributed by atoms with van der Waals surface area (Å²) in [4.78, 5) is 22.6. The maximum atomic E-state index is 13.0. The Morgan fingerprint density at radius 2 is 1.96 bits per heavy atom. The first kappa shape index (κ1) is 15.6. The van der Waals surface area contributed by atoms with E-state index in [1.807, 2.05) is 44.2 Å². The van der Waals surface area contributed by atoms with Crippen LogP contribution >= 0.6 is 0 Å². The van der Waals surface area contributed by atoms with Crippen molar-refractivity contribution in [2.24, 2.45) is 0 Å². The molecule has 0 fully saturated rings. The molecule has 1 atom stereocenters. The van der Waals surface area contributed by atoms with E-state index < -0.39 is 0 Å². The summed E-state index contributed by atoms with van der Waals surface area (Å²) in [5.74, 6) is 2.35. The Morgan fingerprint density at radius 3 is 2.72 bits per heavy atom. The lowest BCUT2D eigenvalue weighted by Gasteiger charge is -2.32. The van der Waals surface area contributed by atoms with Crippen LogP contribution in [0, 0.1) is 13.8 Å². The highest BCUT2D eigenvalue weighted by atomic mass is 16.2. The van der Waals surface area contributed by atoms with Gasteiger partial charge in [-0.05, 0) is 20.8 Å². The molecule has 0 saturated carbocycles. The standard InChI is InChI=1S/C18H20N6O/c1-11-9-23(10-15-22-21-13(3)24(11)15)18(25)16-12(2)19-17(20-16)14-7-5-4-6-8-14/h4-8,11H,9-10H2,1-3H3,(H,19,20). The van der Waals surface area contributed by atoms with Crippen LogP contribution in [0.2, 0.25) is 0 Å². The van der Waals surface area contributed by atoms with Crippen molar-refractivity contribution in [2.75, 3.05) is 6.54 Å². The van der Waals surface area contributed by atoms with Crippen molar-refractivity contribution in [3.8, 4) is 11.4 Å². The Morgan fingerprint density at radius 1 is 1.20 bits per heavy atom. The molecule has 128 valence electrons. The van der Waals surface area contributed by atoms with E-state index >= 15 is 0 Å². The number of hydrogen-bond acceptors (Lipinski definition) is 4. The zero-order valence-electron chi connectivity index (χ0n) is 14.5. The summed E-state index contributed by atoms with van der Waals surface area (Å²) in [5.41, 5.74) is 2.21. The van der Waals surface area contributed by atoms with Crippen molar-refractivity contribution in [1.82, 2.24) is 29.6 Å². The number of nitrogens with one attached hydrogen (secondary N) is 1. The van der Waals surface area contributed by atoms with Gasteiger partial charge in [0.15, 0.2) is 5.82 Å². The van der Waals surface area contributed by atoms with Gasteiger partial charge in [-0.25, -0.2) is 4.98 Å². The number of hydrogen-bond donors (Lipinski definition) is 1. The van der Waals surface area contributed by atoms with E-state index in [0.29, 0.717) is 24.6 Å². The summed E-state index contributed by atoms with van der Waals surface area (Å²) in [7, 11) is 0. The number of H-pyrrole nitrogens is 1. The number of aryl methyl sites for hydroxylation is 2. The lowest BCUT2D eigenvalue weighted by molar-refractivity contribution is 0.0674. The Balaban J connectivity index is 1.63. The maximum Gasteiger partial charge on any atom is 0.274 e. The predicted octanol–water partition coefficient (Wildman–Crippen LogP) is 2.50. The Kier molecular flexibility index (Phi) is 3.63. The van der Waals surface area contributed by atoms with Crippen LogP contribution in [0.5, 0.6) is 0 Å². The quantitative estimate of drug-likeness (QED) is 0.780. The van der Waals surface area contributed by atoms with Crippen molar-refractivity contribution >= 4 is 5.91 Å². The molecular weight excluding hydrogens is 316 g/mol. The van der Waals surface area contributed by atoms with Crippen molar-refractivity contribution in [2.45, 2.75) is 33.4 Å². The van der Waals surface area contributed by atoms with Crippen LogP contribution < -0.4 is 0 Å². The highest BCUT2D eigenvalue weighted by Crippen LogP contribution is 2.24. The first-order valence-electron chi connectivity index (χ1n) is 8.36. The second-order valence-corrected chi connectivity index (χ2v) is 6.49. The number of carbonyl (C=O) groups is 1. The molecular formula is C18H20N6O. The Labute approximate surface area is 145 Å². The average molecular weight is 336 g/mol. The molecule has 2 aromatic heterocycles. The average Bonchev–Trinajstić information content (AvgIpc) is 3.18. The summed E-state index contributed by atoms with van der Waals surface area (Å²) in [6.45, 7) is 6.97. The highest BCUT2D eigenvalue weighted by molar-refractivity contribution is 5.94. The van der Waals surface area contributed by atoms with Crippen LogP contribution in [0.25, 0.3) is 11.4 Å². The lowest BCUT2D eigenvalue weighted by Crippen LogP contribution is -2.41. The van der Waals surface area contributed by atoms with Gasteiger partial charge in [0, 0.05) is 17.8 Å². The van der Waals surface area contributed by atoms with Crippen molar-refractivity contribution in [3.05, 3.63) is 53.4 Å². The van der Waals surface area contributed by atoms with Crippen LogP contribution in [0.4, 0.5) is 0 Å². The number of fused-ring (bicyclic) bond motifs is 1. The molecule has 0 aliphatic carbocycles. The van der Waals surface area contributed by atoms with E-state index in [1.54, 1.807) is 4.90 Å². The van der Waals surface area contributed by atoms with Crippen LogP contribution in [0.3, 0.4) is 0 Å². The van der Waals surface area contributed by atoms with Gasteiger partial charge in [-0.2, -0.15) is 0 Å². The molecule has 4 rings (SSSR count). The van der Waals surface area contributed by atoms with E-state index in [2.05, 4.69) is 31.7 Å². The van der Waals surface area contributed by atoms with Gasteiger partial charge in [-0.15, -0.1) is 10.2 Å². The number of rotatable bonds is 2. The van der Waals surface area contributed by atoms with Gasteiger partial charge in [-0.3, -0.25) is 4.79 Å². The minimum Gasteiger partial charge on any atom is -0.341 e. The third-order valence-corrected chi connectivity index (χ3v) is 4.62. The topological polar surface area (TPSA) is 79.7 Å². The molecule has 1 aliphatic rings. The number of aromatic amines is 1. The molecule has 1 unspecified atom stereocenters. The molecule has 0 saturated heterocycles. The normalized spacial score (nSPS) is 16.8. The van der Waals surface area contributed by atoms with Gasteiger partial charge < -0.3 is 14.5 Å². The van der Waals surface area contributed by atoms with Crippen LogP contribution in [-0.2, 0) is 6.54 Å². The summed E-state index contributed by atoms with van der Waals surface area (Å²) < 4.78 is 2.09. The molecule has 1 amide bonds. The third-order valence-electron chi connectivity index (χ3n) is 4.62. The molecule has 0 radical (unpaired) electrons. The fraction of sp³-hybridized carbons (Fsp3) is 0.333. The number of aromatic nitrogens is 5. The molecule has 7 heteroatoms. The largest absolute Gasteiger partial charge is 0.341 e. The van der Waals surface area contributed by atoms with Gasteiger partial charge in [0.25, 0.3) is 5.91 Å². The number of nitrogens with zero attached hydrogens (tertiary/aromatic N) is 5. The molecule has 1 aliphatic heterocycles. The van der Waals surface area contributed by atoms with Gasteiger partial charge >= 0.3 is 0 Å². The second-order valence-electron chi connectivity index (χ2n) is 6.49. The maximum absolute atomic E-state index is 13.0. The molecule has 3 aromatic rings. The van der Waals surface area contributed by atoms with Crippen molar-refractivity contribution in [1.29, 1.82) is 0 Å². The fourth-order valence-corrected chi connectivity index (χ4v) is 3.44. The SMILES string of the molecule is Cc1[nH]c(-c2ccccc2)nc1C(=O)N1Cc2nnc(C)n2C(C)C1. The van der Waals surface area contributed by atoms with Crippen LogP contribution in [0.15, 0.2) is 30.3 Å². The third kappa shape index (κ3) is 2.61. The summed E-state index contributed by atoms with van der Waals surface area (Å²) >= 11 is 0. The summed E-state index contributed by atoms with van der Waals surface area (Å²) in [5, 5.41) is 8.33. The van der Waals surface area contributed by atoms with E-state index in [4.69, 9.17) is 0 Å². The predicted molar refractivity (Wildman–Crippen MR) is 93.0 cm³/mol. The van der Waals surface area contributed by atoms with Crippen LogP contribution in [0.1, 0.15) is 40.8 Å². The van der Waals surface area contributed by atoms with Gasteiger partial charge in [0.2, 0.25) is 0 Å². The number of benzene rings is 1. The first-order valence-corrected chi connectivity index (χ1v) is 8.36. The zero-order chi connectivity index (χ0) is 17.6. The van der Waals surface area contributed by atoms with Crippen molar-refractivity contribution < 1.29 is 4.79 Å². The summed E-state index contributed by atoms with van der Waals surface area (Å²) in [6.07, 6.45) is 0. The minimum absolute atomic E-state index is 0.0744. The fourth-order valence-electron chi connectivity index (χ4n) is 3.44. The lowest BCUT2D eigenvalue weighted by atomic mass is 10.2. The van der Waals surface area contributed by atoms with Gasteiger partial charge in [-0.1, -0.05) is 30.3 Å². The molecule has 0 spiro atoms. The Bertz CT molecular complexity index is 926. The number of amides is 1. The zero-order valence-corrected chi connectivity index (χ0v) is 14.5. The van der Waals surface area contributed by atoms with Gasteiger partial charge in [0.05, 0.1) is 12.6 Å².